The van der Waals surface area contributed by atoms with Crippen LogP contribution < -0.4 is 0 Å². The van der Waals surface area contributed by atoms with Gasteiger partial charge in [-0.15, -0.1) is 0 Å². The molecule has 1 unspecified atom stereocenters. The van der Waals surface area contributed by atoms with E-state index in [0.29, 0.717) is 6.42 Å². The number of aliphatic hydroxyl groups is 2. The third kappa shape index (κ3) is 2.54. The zero-order valence-corrected chi connectivity index (χ0v) is 10.1. The number of halogens is 2. The standard InChI is InChI=1S/C12H22F2O2/c1-3-4-10(2,9-15)11(16)5-7-12(13,14)8-6-11/h15-16H,3-9H2,1-2H3. The van der Waals surface area contributed by atoms with E-state index in [9.17, 15) is 19.0 Å². The van der Waals surface area contributed by atoms with E-state index in [2.05, 4.69) is 0 Å². The predicted octanol–water partition coefficient (Wildman–Crippen LogP) is 2.73. The Balaban J connectivity index is 2.77. The van der Waals surface area contributed by atoms with Gasteiger partial charge in [0.05, 0.1) is 12.2 Å². The van der Waals surface area contributed by atoms with Crippen LogP contribution in [0.5, 0.6) is 0 Å². The summed E-state index contributed by atoms with van der Waals surface area (Å²) in [5.74, 6) is -2.64. The van der Waals surface area contributed by atoms with Crippen LogP contribution in [0.2, 0.25) is 0 Å². The molecule has 0 amide bonds. The van der Waals surface area contributed by atoms with Gasteiger partial charge >= 0.3 is 0 Å². The molecular formula is C12H22F2O2. The zero-order chi connectivity index (χ0) is 12.4. The Morgan fingerprint density at radius 3 is 2.06 bits per heavy atom. The van der Waals surface area contributed by atoms with Crippen LogP contribution in [0.25, 0.3) is 0 Å². The van der Waals surface area contributed by atoms with Gasteiger partial charge in [-0.25, -0.2) is 8.78 Å². The first kappa shape index (κ1) is 13.8. The lowest BCUT2D eigenvalue weighted by Crippen LogP contribution is -2.52. The highest BCUT2D eigenvalue weighted by Crippen LogP contribution is 2.48. The van der Waals surface area contributed by atoms with Crippen molar-refractivity contribution in [2.75, 3.05) is 6.61 Å². The highest BCUT2D eigenvalue weighted by molar-refractivity contribution is 5.00. The van der Waals surface area contributed by atoms with Crippen molar-refractivity contribution in [3.8, 4) is 0 Å². The summed E-state index contributed by atoms with van der Waals surface area (Å²) in [5.41, 5.74) is -1.79. The van der Waals surface area contributed by atoms with Crippen molar-refractivity contribution in [2.24, 2.45) is 5.41 Å². The molecule has 1 fully saturated rings. The molecule has 1 aliphatic carbocycles. The van der Waals surface area contributed by atoms with Gasteiger partial charge in [0.2, 0.25) is 5.92 Å². The Morgan fingerprint density at radius 2 is 1.69 bits per heavy atom. The first-order chi connectivity index (χ1) is 7.29. The summed E-state index contributed by atoms with van der Waals surface area (Å²) in [6.45, 7) is 3.61. The topological polar surface area (TPSA) is 40.5 Å². The van der Waals surface area contributed by atoms with Gasteiger partial charge in [0.25, 0.3) is 0 Å². The van der Waals surface area contributed by atoms with E-state index in [4.69, 9.17) is 0 Å². The van der Waals surface area contributed by atoms with Crippen molar-refractivity contribution in [1.82, 2.24) is 0 Å². The Bertz CT molecular complexity index is 233. The molecule has 0 bridgehead atoms. The van der Waals surface area contributed by atoms with E-state index in [1.54, 1.807) is 6.92 Å². The van der Waals surface area contributed by atoms with Crippen molar-refractivity contribution in [3.63, 3.8) is 0 Å². The zero-order valence-electron chi connectivity index (χ0n) is 10.1. The molecule has 0 aromatic rings. The Kier molecular flexibility index (Phi) is 3.95. The van der Waals surface area contributed by atoms with Gasteiger partial charge in [-0.1, -0.05) is 20.3 Å². The molecule has 2 N–H and O–H groups in total. The molecule has 2 nitrogen and oxygen atoms in total. The maximum Gasteiger partial charge on any atom is 0.248 e. The van der Waals surface area contributed by atoms with Crippen molar-refractivity contribution in [2.45, 2.75) is 63.9 Å². The summed E-state index contributed by atoms with van der Waals surface area (Å²) in [6.07, 6.45) is 1.10. The van der Waals surface area contributed by atoms with Crippen molar-refractivity contribution >= 4 is 0 Å². The van der Waals surface area contributed by atoms with Gasteiger partial charge in [0.1, 0.15) is 0 Å². The molecule has 16 heavy (non-hydrogen) atoms. The Morgan fingerprint density at radius 1 is 1.19 bits per heavy atom. The minimum Gasteiger partial charge on any atom is -0.396 e. The molecule has 0 saturated heterocycles. The first-order valence-electron chi connectivity index (χ1n) is 6.00. The van der Waals surface area contributed by atoms with Gasteiger partial charge in [0.15, 0.2) is 0 Å². The van der Waals surface area contributed by atoms with Gasteiger partial charge < -0.3 is 10.2 Å². The maximum absolute atomic E-state index is 13.1. The van der Waals surface area contributed by atoms with E-state index in [-0.39, 0.29) is 32.3 Å². The second-order valence-electron chi connectivity index (χ2n) is 5.36. The number of hydrogen-bond donors (Lipinski definition) is 2. The van der Waals surface area contributed by atoms with E-state index in [1.165, 1.54) is 0 Å². The minimum absolute atomic E-state index is 0.0804. The summed E-state index contributed by atoms with van der Waals surface area (Å²) in [4.78, 5) is 0. The molecule has 1 aliphatic rings. The highest BCUT2D eigenvalue weighted by atomic mass is 19.3. The Hall–Kier alpha value is -0.220. The monoisotopic (exact) mass is 236 g/mol. The molecule has 0 aromatic carbocycles. The lowest BCUT2D eigenvalue weighted by Gasteiger charge is -2.48. The fourth-order valence-electron chi connectivity index (χ4n) is 2.64. The average Bonchev–Trinajstić information content (AvgIpc) is 2.23. The van der Waals surface area contributed by atoms with E-state index >= 15 is 0 Å². The van der Waals surface area contributed by atoms with Crippen LogP contribution in [-0.4, -0.2) is 28.3 Å². The first-order valence-corrected chi connectivity index (χ1v) is 6.00. The quantitative estimate of drug-likeness (QED) is 0.788. The molecule has 0 radical (unpaired) electrons. The SMILES string of the molecule is CCCC(C)(CO)C1(O)CCC(F)(F)CC1. The number of hydrogen-bond acceptors (Lipinski definition) is 2. The third-order valence-electron chi connectivity index (χ3n) is 4.08. The predicted molar refractivity (Wildman–Crippen MR) is 58.5 cm³/mol. The second kappa shape index (κ2) is 4.57. The normalized spacial score (nSPS) is 27.4. The molecule has 0 spiro atoms. The molecule has 1 rings (SSSR count). The largest absolute Gasteiger partial charge is 0.396 e. The van der Waals surface area contributed by atoms with E-state index in [0.717, 1.165) is 6.42 Å². The van der Waals surface area contributed by atoms with Crippen LogP contribution in [0, 0.1) is 5.41 Å². The van der Waals surface area contributed by atoms with Crippen LogP contribution in [-0.2, 0) is 0 Å². The summed E-state index contributed by atoms with van der Waals surface area (Å²) >= 11 is 0. The molecule has 1 saturated carbocycles. The van der Waals surface area contributed by atoms with Gasteiger partial charge in [-0.05, 0) is 19.3 Å². The molecular weight excluding hydrogens is 214 g/mol. The lowest BCUT2D eigenvalue weighted by molar-refractivity contribution is -0.168. The van der Waals surface area contributed by atoms with E-state index in [1.807, 2.05) is 6.92 Å². The summed E-state index contributed by atoms with van der Waals surface area (Å²) in [5, 5.41) is 19.9. The van der Waals surface area contributed by atoms with Crippen molar-refractivity contribution in [1.29, 1.82) is 0 Å². The Labute approximate surface area is 95.7 Å². The maximum atomic E-state index is 13.1. The molecule has 0 heterocycles. The number of aliphatic hydroxyl groups excluding tert-OH is 1. The lowest BCUT2D eigenvalue weighted by atomic mass is 9.64. The van der Waals surface area contributed by atoms with Gasteiger partial charge in [-0.2, -0.15) is 0 Å². The van der Waals surface area contributed by atoms with Crippen LogP contribution in [0.4, 0.5) is 8.78 Å². The fraction of sp³-hybridized carbons (Fsp3) is 1.00. The molecule has 0 aromatic heterocycles. The number of rotatable bonds is 4. The summed E-state index contributed by atoms with van der Waals surface area (Å²) < 4.78 is 26.1. The van der Waals surface area contributed by atoms with Crippen LogP contribution >= 0.6 is 0 Å². The van der Waals surface area contributed by atoms with Crippen molar-refractivity contribution < 1.29 is 19.0 Å². The van der Waals surface area contributed by atoms with Crippen LogP contribution in [0.3, 0.4) is 0 Å². The average molecular weight is 236 g/mol. The smallest absolute Gasteiger partial charge is 0.248 e. The van der Waals surface area contributed by atoms with E-state index < -0.39 is 16.9 Å². The molecule has 1 atom stereocenters. The second-order valence-corrected chi connectivity index (χ2v) is 5.36. The third-order valence-corrected chi connectivity index (χ3v) is 4.08. The van der Waals surface area contributed by atoms with Crippen molar-refractivity contribution in [3.05, 3.63) is 0 Å². The molecule has 4 heteroatoms. The fourth-order valence-corrected chi connectivity index (χ4v) is 2.64. The highest BCUT2D eigenvalue weighted by Gasteiger charge is 2.51. The molecule has 96 valence electrons. The molecule has 0 aliphatic heterocycles. The van der Waals surface area contributed by atoms with Crippen LogP contribution in [0.15, 0.2) is 0 Å². The summed E-state index contributed by atoms with van der Waals surface area (Å²) in [7, 11) is 0. The minimum atomic E-state index is -2.64. The number of alkyl halides is 2. The van der Waals surface area contributed by atoms with Crippen LogP contribution in [0.1, 0.15) is 52.4 Å². The van der Waals surface area contributed by atoms with Gasteiger partial charge in [-0.3, -0.25) is 0 Å². The van der Waals surface area contributed by atoms with Gasteiger partial charge in [0, 0.05) is 18.3 Å². The summed E-state index contributed by atoms with van der Waals surface area (Å²) in [6, 6.07) is 0.